The number of carbonyl (C=O) groups excluding carboxylic acids is 1. The Morgan fingerprint density at radius 1 is 1.26 bits per heavy atom. The minimum absolute atomic E-state index is 0.0646. The van der Waals surface area contributed by atoms with E-state index < -0.39 is 5.97 Å². The average molecular weight is 267 g/mol. The van der Waals surface area contributed by atoms with Crippen LogP contribution in [0.2, 0.25) is 0 Å². The number of benzene rings is 1. The molecule has 19 heavy (non-hydrogen) atoms. The lowest BCUT2D eigenvalue weighted by Crippen LogP contribution is -2.13. The Morgan fingerprint density at radius 2 is 2.00 bits per heavy atom. The van der Waals surface area contributed by atoms with Crippen LogP contribution in [-0.2, 0) is 9.59 Å². The highest BCUT2D eigenvalue weighted by Crippen LogP contribution is 2.30. The van der Waals surface area contributed by atoms with Gasteiger partial charge >= 0.3 is 5.97 Å². The molecule has 0 bridgehead atoms. The highest BCUT2D eigenvalue weighted by Gasteiger charge is 2.09. The van der Waals surface area contributed by atoms with Gasteiger partial charge in [-0.3, -0.25) is 9.59 Å². The molecule has 0 heterocycles. The topological polar surface area (TPSA) is 84.9 Å². The number of hydrogen-bond acceptors (Lipinski definition) is 4. The Bertz CT molecular complexity index is 458. The van der Waals surface area contributed by atoms with Crippen molar-refractivity contribution in [2.24, 2.45) is 0 Å². The van der Waals surface area contributed by atoms with Crippen LogP contribution in [0.5, 0.6) is 11.5 Å². The summed E-state index contributed by atoms with van der Waals surface area (Å²) in [6, 6.07) is 4.99. The summed E-state index contributed by atoms with van der Waals surface area (Å²) >= 11 is 0. The second kappa shape index (κ2) is 7.25. The minimum Gasteiger partial charge on any atom is -0.493 e. The molecule has 104 valence electrons. The van der Waals surface area contributed by atoms with Gasteiger partial charge in [-0.05, 0) is 19.1 Å². The molecule has 0 atom stereocenters. The third-order valence-corrected chi connectivity index (χ3v) is 2.31. The van der Waals surface area contributed by atoms with Crippen molar-refractivity contribution >= 4 is 17.6 Å². The van der Waals surface area contributed by atoms with Crippen LogP contribution in [-0.4, -0.2) is 30.7 Å². The molecule has 1 rings (SSSR count). The van der Waals surface area contributed by atoms with E-state index in [9.17, 15) is 9.59 Å². The van der Waals surface area contributed by atoms with Crippen molar-refractivity contribution in [1.82, 2.24) is 0 Å². The van der Waals surface area contributed by atoms with Gasteiger partial charge in [0.05, 0.1) is 20.1 Å². The van der Waals surface area contributed by atoms with E-state index in [-0.39, 0.29) is 18.7 Å². The molecular formula is C13H17NO5. The second-order valence-corrected chi connectivity index (χ2v) is 3.74. The molecule has 1 amide bonds. The Kier molecular flexibility index (Phi) is 5.66. The van der Waals surface area contributed by atoms with E-state index in [1.807, 2.05) is 6.92 Å². The van der Waals surface area contributed by atoms with Gasteiger partial charge in [0.15, 0.2) is 11.5 Å². The summed E-state index contributed by atoms with van der Waals surface area (Å²) in [5, 5.41) is 11.1. The summed E-state index contributed by atoms with van der Waals surface area (Å²) in [7, 11) is 1.51. The van der Waals surface area contributed by atoms with Crippen molar-refractivity contribution in [3.05, 3.63) is 18.2 Å². The Labute approximate surface area is 111 Å². The Balaban J connectivity index is 2.68. The quantitative estimate of drug-likeness (QED) is 0.788. The number of carboxylic acid groups (broad SMARTS) is 1. The Hall–Kier alpha value is -2.24. The summed E-state index contributed by atoms with van der Waals surface area (Å²) in [6.45, 7) is 2.38. The maximum atomic E-state index is 11.5. The molecule has 0 aliphatic rings. The maximum Gasteiger partial charge on any atom is 0.303 e. The van der Waals surface area contributed by atoms with E-state index in [2.05, 4.69) is 5.32 Å². The molecule has 0 aliphatic heterocycles. The van der Waals surface area contributed by atoms with Crippen molar-refractivity contribution in [1.29, 1.82) is 0 Å². The number of aliphatic carboxylic acids is 1. The highest BCUT2D eigenvalue weighted by atomic mass is 16.5. The lowest BCUT2D eigenvalue weighted by molar-refractivity contribution is -0.138. The molecule has 0 fully saturated rings. The molecule has 0 aliphatic carbocycles. The van der Waals surface area contributed by atoms with E-state index >= 15 is 0 Å². The van der Waals surface area contributed by atoms with E-state index in [4.69, 9.17) is 14.6 Å². The standard InChI is InChI=1S/C13H17NO5/c1-3-19-10-5-4-9(8-11(10)18-2)14-12(15)6-7-13(16)17/h4-5,8H,3,6-7H2,1-2H3,(H,14,15)(H,16,17). The van der Waals surface area contributed by atoms with Crippen LogP contribution in [0.25, 0.3) is 0 Å². The van der Waals surface area contributed by atoms with Crippen LogP contribution in [0, 0.1) is 0 Å². The predicted octanol–water partition coefficient (Wildman–Crippen LogP) is 1.90. The fraction of sp³-hybridized carbons (Fsp3) is 0.385. The molecule has 0 spiro atoms. The molecular weight excluding hydrogens is 250 g/mol. The molecule has 6 nitrogen and oxygen atoms in total. The summed E-state index contributed by atoms with van der Waals surface area (Å²) in [5.41, 5.74) is 0.538. The van der Waals surface area contributed by atoms with Crippen LogP contribution >= 0.6 is 0 Å². The molecule has 0 radical (unpaired) electrons. The van der Waals surface area contributed by atoms with Crippen molar-refractivity contribution in [2.75, 3.05) is 19.0 Å². The molecule has 0 saturated carbocycles. The minimum atomic E-state index is -1.00. The second-order valence-electron chi connectivity index (χ2n) is 3.74. The van der Waals surface area contributed by atoms with E-state index in [1.165, 1.54) is 7.11 Å². The van der Waals surface area contributed by atoms with Crippen molar-refractivity contribution in [3.63, 3.8) is 0 Å². The van der Waals surface area contributed by atoms with Crippen molar-refractivity contribution < 1.29 is 24.2 Å². The summed E-state index contributed by atoms with van der Waals surface area (Å²) in [6.07, 6.45) is -0.259. The summed E-state index contributed by atoms with van der Waals surface area (Å²) in [4.78, 5) is 21.8. The maximum absolute atomic E-state index is 11.5. The number of carbonyl (C=O) groups is 2. The van der Waals surface area contributed by atoms with Gasteiger partial charge in [0, 0.05) is 18.2 Å². The normalized spacial score (nSPS) is 9.79. The number of rotatable bonds is 7. The molecule has 1 aromatic rings. The molecule has 6 heteroatoms. The number of hydrogen-bond donors (Lipinski definition) is 2. The third-order valence-electron chi connectivity index (χ3n) is 2.31. The lowest BCUT2D eigenvalue weighted by atomic mass is 10.2. The predicted molar refractivity (Wildman–Crippen MR) is 69.7 cm³/mol. The van der Waals surface area contributed by atoms with E-state index in [0.29, 0.717) is 23.8 Å². The zero-order chi connectivity index (χ0) is 14.3. The number of amides is 1. The average Bonchev–Trinajstić information content (AvgIpc) is 2.38. The van der Waals surface area contributed by atoms with Gasteiger partial charge in [-0.15, -0.1) is 0 Å². The molecule has 0 unspecified atom stereocenters. The van der Waals surface area contributed by atoms with Crippen LogP contribution in [0.15, 0.2) is 18.2 Å². The first-order valence-electron chi connectivity index (χ1n) is 5.89. The number of nitrogens with one attached hydrogen (secondary N) is 1. The van der Waals surface area contributed by atoms with Gasteiger partial charge in [-0.1, -0.05) is 0 Å². The van der Waals surface area contributed by atoms with Gasteiger partial charge < -0.3 is 19.9 Å². The van der Waals surface area contributed by atoms with Gasteiger partial charge in [0.1, 0.15) is 0 Å². The molecule has 1 aromatic carbocycles. The zero-order valence-electron chi connectivity index (χ0n) is 10.9. The van der Waals surface area contributed by atoms with Gasteiger partial charge in [-0.25, -0.2) is 0 Å². The number of methoxy groups -OCH3 is 1. The molecule has 0 saturated heterocycles. The fourth-order valence-electron chi connectivity index (χ4n) is 1.46. The van der Waals surface area contributed by atoms with Gasteiger partial charge in [0.25, 0.3) is 0 Å². The lowest BCUT2D eigenvalue weighted by Gasteiger charge is -2.11. The smallest absolute Gasteiger partial charge is 0.303 e. The first-order chi connectivity index (χ1) is 9.06. The third kappa shape index (κ3) is 4.87. The molecule has 0 aromatic heterocycles. The van der Waals surface area contributed by atoms with Crippen LogP contribution in [0.1, 0.15) is 19.8 Å². The fourth-order valence-corrected chi connectivity index (χ4v) is 1.46. The van der Waals surface area contributed by atoms with E-state index in [0.717, 1.165) is 0 Å². The van der Waals surface area contributed by atoms with E-state index in [1.54, 1.807) is 18.2 Å². The summed E-state index contributed by atoms with van der Waals surface area (Å²) in [5.74, 6) is -0.251. The first kappa shape index (κ1) is 14.8. The number of carboxylic acids is 1. The molecule has 2 N–H and O–H groups in total. The zero-order valence-corrected chi connectivity index (χ0v) is 10.9. The Morgan fingerprint density at radius 3 is 2.58 bits per heavy atom. The van der Waals surface area contributed by atoms with Crippen LogP contribution in [0.4, 0.5) is 5.69 Å². The van der Waals surface area contributed by atoms with Gasteiger partial charge in [-0.2, -0.15) is 0 Å². The largest absolute Gasteiger partial charge is 0.493 e. The summed E-state index contributed by atoms with van der Waals surface area (Å²) < 4.78 is 10.5. The SMILES string of the molecule is CCOc1ccc(NC(=O)CCC(=O)O)cc1OC. The van der Waals surface area contributed by atoms with Gasteiger partial charge in [0.2, 0.25) is 5.91 Å². The highest BCUT2D eigenvalue weighted by molar-refractivity contribution is 5.92. The first-order valence-corrected chi connectivity index (χ1v) is 5.89. The van der Waals surface area contributed by atoms with Crippen LogP contribution < -0.4 is 14.8 Å². The van der Waals surface area contributed by atoms with Crippen molar-refractivity contribution in [2.45, 2.75) is 19.8 Å². The monoisotopic (exact) mass is 267 g/mol. The number of ether oxygens (including phenoxy) is 2. The number of anilines is 1. The van der Waals surface area contributed by atoms with Crippen LogP contribution in [0.3, 0.4) is 0 Å². The van der Waals surface area contributed by atoms with Crippen molar-refractivity contribution in [3.8, 4) is 11.5 Å².